The highest BCUT2D eigenvalue weighted by Gasteiger charge is 2.03. The zero-order valence-electron chi connectivity index (χ0n) is 11.5. The number of hydrogen-bond acceptors (Lipinski definition) is 1. The lowest BCUT2D eigenvalue weighted by Crippen LogP contribution is -1.93. The third-order valence-electron chi connectivity index (χ3n) is 3.40. The van der Waals surface area contributed by atoms with Crippen LogP contribution in [0.25, 0.3) is 0 Å². The van der Waals surface area contributed by atoms with Crippen LogP contribution in [0.1, 0.15) is 51.0 Å². The fourth-order valence-corrected chi connectivity index (χ4v) is 1.98. The van der Waals surface area contributed by atoms with Gasteiger partial charge in [0, 0.05) is 5.92 Å². The summed E-state index contributed by atoms with van der Waals surface area (Å²) in [5, 5.41) is 8.84. The number of nitrogens with zero attached hydrogens (tertiary/aromatic N) is 1. The van der Waals surface area contributed by atoms with E-state index < -0.39 is 0 Å². The van der Waals surface area contributed by atoms with Gasteiger partial charge in [-0.15, -0.1) is 0 Å². The maximum absolute atomic E-state index is 8.84. The van der Waals surface area contributed by atoms with Gasteiger partial charge >= 0.3 is 0 Å². The number of nitriles is 1. The zero-order chi connectivity index (χ0) is 13.2. The van der Waals surface area contributed by atoms with Crippen LogP contribution < -0.4 is 0 Å². The first-order chi connectivity index (χ1) is 8.77. The van der Waals surface area contributed by atoms with Crippen molar-refractivity contribution in [2.24, 2.45) is 5.92 Å². The van der Waals surface area contributed by atoms with Crippen molar-refractivity contribution in [3.05, 3.63) is 48.0 Å². The Morgan fingerprint density at radius 1 is 1.22 bits per heavy atom. The Labute approximate surface area is 111 Å². The molecule has 0 heterocycles. The summed E-state index contributed by atoms with van der Waals surface area (Å²) in [5.74, 6) is 0.793. The molecule has 0 N–H and O–H groups in total. The Kier molecular flexibility index (Phi) is 6.87. The first-order valence-electron chi connectivity index (χ1n) is 6.87. The molecule has 0 amide bonds. The van der Waals surface area contributed by atoms with Gasteiger partial charge in [0.15, 0.2) is 0 Å². The fourth-order valence-electron chi connectivity index (χ4n) is 1.98. The van der Waals surface area contributed by atoms with E-state index in [9.17, 15) is 0 Å². The molecule has 0 aliphatic heterocycles. The Hall–Kier alpha value is -1.55. The molecule has 0 bridgehead atoms. The maximum atomic E-state index is 8.84. The van der Waals surface area contributed by atoms with Crippen LogP contribution in [0.3, 0.4) is 0 Å². The van der Waals surface area contributed by atoms with Crippen molar-refractivity contribution in [1.29, 1.82) is 5.26 Å². The molecule has 2 atom stereocenters. The van der Waals surface area contributed by atoms with E-state index in [0.717, 1.165) is 19.3 Å². The molecular weight excluding hydrogens is 218 g/mol. The van der Waals surface area contributed by atoms with Crippen LogP contribution in [0.5, 0.6) is 0 Å². The highest BCUT2D eigenvalue weighted by molar-refractivity contribution is 5.18. The van der Waals surface area contributed by atoms with Crippen LogP contribution in [-0.2, 0) is 0 Å². The van der Waals surface area contributed by atoms with Gasteiger partial charge in [0.25, 0.3) is 0 Å². The van der Waals surface area contributed by atoms with Crippen molar-refractivity contribution in [3.8, 4) is 6.07 Å². The first-order valence-corrected chi connectivity index (χ1v) is 6.87. The van der Waals surface area contributed by atoms with Gasteiger partial charge in [-0.1, -0.05) is 56.3 Å². The second-order valence-corrected chi connectivity index (χ2v) is 4.83. The largest absolute Gasteiger partial charge is 0.198 e. The maximum Gasteiger partial charge on any atom is 0.0658 e. The number of benzene rings is 1. The van der Waals surface area contributed by atoms with Gasteiger partial charge in [-0.2, -0.15) is 5.26 Å². The summed E-state index contributed by atoms with van der Waals surface area (Å²) >= 11 is 0. The molecule has 0 saturated heterocycles. The van der Waals surface area contributed by atoms with E-state index in [1.807, 2.05) is 0 Å². The second kappa shape index (κ2) is 8.53. The average Bonchev–Trinajstić information content (AvgIpc) is 2.43. The van der Waals surface area contributed by atoms with Crippen molar-refractivity contribution < 1.29 is 0 Å². The van der Waals surface area contributed by atoms with Gasteiger partial charge < -0.3 is 0 Å². The summed E-state index contributed by atoms with van der Waals surface area (Å²) in [5.41, 5.74) is 1.41. The second-order valence-electron chi connectivity index (χ2n) is 4.83. The summed E-state index contributed by atoms with van der Waals surface area (Å²) in [7, 11) is 0. The molecule has 0 radical (unpaired) electrons. The summed E-state index contributed by atoms with van der Waals surface area (Å²) in [4.78, 5) is 0. The topological polar surface area (TPSA) is 23.8 Å². The molecule has 1 aromatic rings. The SMILES string of the molecule is CCC(C#N)CC=CCCC(C)c1ccccc1. The third kappa shape index (κ3) is 5.19. The Balaban J connectivity index is 2.26. The Bertz CT molecular complexity index is 386. The fraction of sp³-hybridized carbons (Fsp3) is 0.471. The highest BCUT2D eigenvalue weighted by Crippen LogP contribution is 2.20. The number of allylic oxidation sites excluding steroid dienone is 2. The Morgan fingerprint density at radius 2 is 1.94 bits per heavy atom. The lowest BCUT2D eigenvalue weighted by Gasteiger charge is -2.09. The van der Waals surface area contributed by atoms with Crippen LogP contribution in [0, 0.1) is 17.2 Å². The van der Waals surface area contributed by atoms with E-state index >= 15 is 0 Å². The monoisotopic (exact) mass is 241 g/mol. The van der Waals surface area contributed by atoms with Crippen molar-refractivity contribution >= 4 is 0 Å². The molecule has 1 heteroatoms. The normalized spacial score (nSPS) is 14.3. The minimum absolute atomic E-state index is 0.188. The molecular formula is C17H23N. The van der Waals surface area contributed by atoms with Crippen LogP contribution in [0.15, 0.2) is 42.5 Å². The molecule has 0 fully saturated rings. The molecule has 0 spiro atoms. The highest BCUT2D eigenvalue weighted by atomic mass is 14.3. The van der Waals surface area contributed by atoms with Crippen LogP contribution in [0.4, 0.5) is 0 Å². The lowest BCUT2D eigenvalue weighted by atomic mass is 9.96. The quantitative estimate of drug-likeness (QED) is 0.612. The first kappa shape index (κ1) is 14.5. The zero-order valence-corrected chi connectivity index (χ0v) is 11.5. The standard InChI is InChI=1S/C17H23N/c1-3-16(14-18)11-7-4-6-10-15(2)17-12-8-5-9-13-17/h4-5,7-9,12-13,15-16H,3,6,10-11H2,1-2H3. The van der Waals surface area contributed by atoms with Crippen LogP contribution in [0.2, 0.25) is 0 Å². The summed E-state index contributed by atoms with van der Waals surface area (Å²) < 4.78 is 0. The van der Waals surface area contributed by atoms with E-state index in [4.69, 9.17) is 5.26 Å². The molecule has 1 nitrogen and oxygen atoms in total. The summed E-state index contributed by atoms with van der Waals surface area (Å²) in [6.45, 7) is 4.34. The molecule has 2 unspecified atom stereocenters. The van der Waals surface area contributed by atoms with E-state index in [2.05, 4.69) is 62.4 Å². The molecule has 0 aromatic heterocycles. The van der Waals surface area contributed by atoms with Gasteiger partial charge in [-0.3, -0.25) is 0 Å². The van der Waals surface area contributed by atoms with E-state index in [1.54, 1.807) is 0 Å². The van der Waals surface area contributed by atoms with Crippen molar-refractivity contribution in [2.45, 2.75) is 45.4 Å². The molecule has 1 rings (SSSR count). The van der Waals surface area contributed by atoms with Gasteiger partial charge in [0.05, 0.1) is 6.07 Å². The van der Waals surface area contributed by atoms with Gasteiger partial charge in [-0.25, -0.2) is 0 Å². The molecule has 0 aliphatic carbocycles. The smallest absolute Gasteiger partial charge is 0.0658 e. The number of hydrogen-bond donors (Lipinski definition) is 0. The lowest BCUT2D eigenvalue weighted by molar-refractivity contribution is 0.647. The van der Waals surface area contributed by atoms with Crippen LogP contribution in [-0.4, -0.2) is 0 Å². The molecule has 0 saturated carbocycles. The summed E-state index contributed by atoms with van der Waals surface area (Å²) in [6.07, 6.45) is 8.49. The summed E-state index contributed by atoms with van der Waals surface area (Å²) in [6, 6.07) is 13.0. The molecule has 18 heavy (non-hydrogen) atoms. The van der Waals surface area contributed by atoms with Gasteiger partial charge in [-0.05, 0) is 37.2 Å². The number of rotatable bonds is 7. The van der Waals surface area contributed by atoms with E-state index in [1.165, 1.54) is 12.0 Å². The van der Waals surface area contributed by atoms with Crippen LogP contribution >= 0.6 is 0 Å². The molecule has 96 valence electrons. The predicted octanol–water partition coefficient (Wildman–Crippen LogP) is 5.07. The van der Waals surface area contributed by atoms with Gasteiger partial charge in [0.2, 0.25) is 0 Å². The van der Waals surface area contributed by atoms with Gasteiger partial charge in [0.1, 0.15) is 0 Å². The van der Waals surface area contributed by atoms with E-state index in [0.29, 0.717) is 5.92 Å². The predicted molar refractivity (Wildman–Crippen MR) is 77.2 cm³/mol. The van der Waals surface area contributed by atoms with Crippen molar-refractivity contribution in [2.75, 3.05) is 0 Å². The minimum atomic E-state index is 0.188. The van der Waals surface area contributed by atoms with Crippen molar-refractivity contribution in [1.82, 2.24) is 0 Å². The van der Waals surface area contributed by atoms with E-state index in [-0.39, 0.29) is 5.92 Å². The van der Waals surface area contributed by atoms with Crippen molar-refractivity contribution in [3.63, 3.8) is 0 Å². The molecule has 0 aliphatic rings. The average molecular weight is 241 g/mol. The third-order valence-corrected chi connectivity index (χ3v) is 3.40. The Morgan fingerprint density at radius 3 is 2.56 bits per heavy atom. The molecule has 1 aromatic carbocycles. The minimum Gasteiger partial charge on any atom is -0.198 e.